The van der Waals surface area contributed by atoms with Crippen LogP contribution >= 0.6 is 0 Å². The zero-order chi connectivity index (χ0) is 16.3. The second kappa shape index (κ2) is 6.57. The van der Waals surface area contributed by atoms with Crippen LogP contribution in [-0.2, 0) is 0 Å². The monoisotopic (exact) mass is 313 g/mol. The van der Waals surface area contributed by atoms with Gasteiger partial charge < -0.3 is 10.4 Å². The first-order chi connectivity index (χ1) is 10.4. The maximum Gasteiger partial charge on any atom is 0.254 e. The zero-order valence-corrected chi connectivity index (χ0v) is 11.1. The van der Waals surface area contributed by atoms with Crippen molar-refractivity contribution in [1.29, 1.82) is 0 Å². The number of nitrogens with one attached hydrogen (secondary N) is 1. The molecule has 0 radical (unpaired) electrons. The molecule has 0 fully saturated rings. The second-order valence-electron chi connectivity index (χ2n) is 4.47. The summed E-state index contributed by atoms with van der Waals surface area (Å²) in [5.41, 5.74) is -0.756. The minimum atomic E-state index is -1.76. The third kappa shape index (κ3) is 3.25. The molecular weight excluding hydrogens is 302 g/mol. The molecule has 0 bridgehead atoms. The lowest BCUT2D eigenvalue weighted by Crippen LogP contribution is -2.29. The third-order valence-corrected chi connectivity index (χ3v) is 3.00. The van der Waals surface area contributed by atoms with Gasteiger partial charge in [0.05, 0.1) is 11.7 Å². The highest BCUT2D eigenvalue weighted by molar-refractivity contribution is 5.94. The van der Waals surface area contributed by atoms with Crippen molar-refractivity contribution in [3.05, 3.63) is 70.8 Å². The number of rotatable bonds is 4. The van der Waals surface area contributed by atoms with Crippen molar-refractivity contribution in [1.82, 2.24) is 5.32 Å². The predicted octanol–water partition coefficient (Wildman–Crippen LogP) is 2.71. The predicted molar refractivity (Wildman–Crippen MR) is 70.0 cm³/mol. The summed E-state index contributed by atoms with van der Waals surface area (Å²) in [7, 11) is 0. The second-order valence-corrected chi connectivity index (χ2v) is 4.47. The molecule has 7 heteroatoms. The van der Waals surface area contributed by atoms with Crippen molar-refractivity contribution in [3.8, 4) is 0 Å². The first-order valence-corrected chi connectivity index (χ1v) is 6.26. The Kier molecular flexibility index (Phi) is 4.77. The van der Waals surface area contributed by atoms with Gasteiger partial charge in [-0.05, 0) is 18.2 Å². The lowest BCUT2D eigenvalue weighted by Gasteiger charge is -2.13. The molecule has 0 heterocycles. The lowest BCUT2D eigenvalue weighted by atomic mass is 10.1. The quantitative estimate of drug-likeness (QED) is 0.673. The number of carbonyl (C=O) groups excluding carboxylic acids is 1. The molecular formula is C15H11F4NO2. The Balaban J connectivity index is 2.08. The molecule has 0 aliphatic rings. The minimum absolute atomic E-state index is 0.0476. The van der Waals surface area contributed by atoms with Gasteiger partial charge in [-0.15, -0.1) is 0 Å². The zero-order valence-electron chi connectivity index (χ0n) is 11.1. The van der Waals surface area contributed by atoms with Crippen LogP contribution in [0.15, 0.2) is 36.4 Å². The number of aliphatic hydroxyl groups is 1. The molecule has 0 saturated heterocycles. The molecule has 3 nitrogen and oxygen atoms in total. The summed E-state index contributed by atoms with van der Waals surface area (Å²) in [5.74, 6) is -6.52. The normalized spacial score (nSPS) is 12.0. The SMILES string of the molecule is O=C(NCC(O)c1ccccc1F)c1ccc(F)c(F)c1F. The number of amides is 1. The van der Waals surface area contributed by atoms with Crippen molar-refractivity contribution in [3.63, 3.8) is 0 Å². The Bertz CT molecular complexity index is 706. The van der Waals surface area contributed by atoms with E-state index >= 15 is 0 Å². The molecule has 0 aliphatic heterocycles. The Morgan fingerprint density at radius 1 is 1.00 bits per heavy atom. The molecule has 2 aromatic carbocycles. The van der Waals surface area contributed by atoms with E-state index in [1.165, 1.54) is 18.2 Å². The summed E-state index contributed by atoms with van der Waals surface area (Å²) < 4.78 is 52.7. The van der Waals surface area contributed by atoms with Crippen LogP contribution in [0.1, 0.15) is 22.0 Å². The molecule has 116 valence electrons. The Hall–Kier alpha value is -2.41. The van der Waals surface area contributed by atoms with E-state index in [9.17, 15) is 27.5 Å². The molecule has 0 aromatic heterocycles. The van der Waals surface area contributed by atoms with E-state index in [-0.39, 0.29) is 5.56 Å². The van der Waals surface area contributed by atoms with E-state index in [1.54, 1.807) is 0 Å². The van der Waals surface area contributed by atoms with Gasteiger partial charge in [0.25, 0.3) is 5.91 Å². The fraction of sp³-hybridized carbons (Fsp3) is 0.133. The van der Waals surface area contributed by atoms with Gasteiger partial charge in [0.15, 0.2) is 17.5 Å². The fourth-order valence-corrected chi connectivity index (χ4v) is 1.84. The molecule has 1 amide bonds. The van der Waals surface area contributed by atoms with Gasteiger partial charge in [0.2, 0.25) is 0 Å². The van der Waals surface area contributed by atoms with Crippen LogP contribution < -0.4 is 5.32 Å². The summed E-state index contributed by atoms with van der Waals surface area (Å²) in [4.78, 5) is 11.7. The number of hydrogen-bond acceptors (Lipinski definition) is 2. The molecule has 22 heavy (non-hydrogen) atoms. The van der Waals surface area contributed by atoms with Crippen molar-refractivity contribution in [2.24, 2.45) is 0 Å². The van der Waals surface area contributed by atoms with Crippen LogP contribution in [-0.4, -0.2) is 17.6 Å². The van der Waals surface area contributed by atoms with E-state index in [0.29, 0.717) is 6.07 Å². The molecule has 1 unspecified atom stereocenters. The van der Waals surface area contributed by atoms with E-state index in [4.69, 9.17) is 0 Å². The summed E-state index contributed by atoms with van der Waals surface area (Å²) in [6.07, 6.45) is -1.36. The van der Waals surface area contributed by atoms with Gasteiger partial charge in [0, 0.05) is 12.1 Å². The maximum atomic E-state index is 13.4. The summed E-state index contributed by atoms with van der Waals surface area (Å²) in [5, 5.41) is 11.9. The number of hydrogen-bond donors (Lipinski definition) is 2. The highest BCUT2D eigenvalue weighted by atomic mass is 19.2. The first kappa shape index (κ1) is 16.0. The molecule has 1 atom stereocenters. The molecule has 0 spiro atoms. The van der Waals surface area contributed by atoms with Crippen molar-refractivity contribution in [2.75, 3.05) is 6.54 Å². The number of halogens is 4. The van der Waals surface area contributed by atoms with Gasteiger partial charge in [0.1, 0.15) is 5.82 Å². The maximum absolute atomic E-state index is 13.4. The van der Waals surface area contributed by atoms with E-state index < -0.39 is 47.4 Å². The largest absolute Gasteiger partial charge is 0.386 e. The van der Waals surface area contributed by atoms with Gasteiger partial charge >= 0.3 is 0 Å². The molecule has 2 aromatic rings. The van der Waals surface area contributed by atoms with Crippen LogP contribution in [0.2, 0.25) is 0 Å². The Morgan fingerprint density at radius 3 is 2.36 bits per heavy atom. The molecule has 0 saturated carbocycles. The van der Waals surface area contributed by atoms with Gasteiger partial charge in [-0.2, -0.15) is 0 Å². The van der Waals surface area contributed by atoms with Crippen LogP contribution in [0, 0.1) is 23.3 Å². The van der Waals surface area contributed by atoms with E-state index in [0.717, 1.165) is 12.1 Å². The van der Waals surface area contributed by atoms with Crippen molar-refractivity contribution in [2.45, 2.75) is 6.10 Å². The lowest BCUT2D eigenvalue weighted by molar-refractivity contribution is 0.0909. The first-order valence-electron chi connectivity index (χ1n) is 6.26. The molecule has 2 rings (SSSR count). The third-order valence-electron chi connectivity index (χ3n) is 3.00. The average Bonchev–Trinajstić information content (AvgIpc) is 2.50. The molecule has 2 N–H and O–H groups in total. The summed E-state index contributed by atoms with van der Waals surface area (Å²) >= 11 is 0. The van der Waals surface area contributed by atoms with Gasteiger partial charge in [-0.25, -0.2) is 17.6 Å². The number of aliphatic hydroxyl groups excluding tert-OH is 1. The van der Waals surface area contributed by atoms with Crippen LogP contribution in [0.3, 0.4) is 0 Å². The Morgan fingerprint density at radius 2 is 1.68 bits per heavy atom. The van der Waals surface area contributed by atoms with E-state index in [1.807, 2.05) is 0 Å². The number of carbonyl (C=O) groups is 1. The van der Waals surface area contributed by atoms with Crippen molar-refractivity contribution >= 4 is 5.91 Å². The molecule has 0 aliphatic carbocycles. The van der Waals surface area contributed by atoms with E-state index in [2.05, 4.69) is 5.32 Å². The minimum Gasteiger partial charge on any atom is -0.386 e. The fourth-order valence-electron chi connectivity index (χ4n) is 1.84. The topological polar surface area (TPSA) is 49.3 Å². The smallest absolute Gasteiger partial charge is 0.254 e. The number of benzene rings is 2. The van der Waals surface area contributed by atoms with Gasteiger partial charge in [-0.3, -0.25) is 4.79 Å². The van der Waals surface area contributed by atoms with Crippen molar-refractivity contribution < 1.29 is 27.5 Å². The van der Waals surface area contributed by atoms with Crippen LogP contribution in [0.5, 0.6) is 0 Å². The van der Waals surface area contributed by atoms with Crippen LogP contribution in [0.4, 0.5) is 17.6 Å². The highest BCUT2D eigenvalue weighted by Crippen LogP contribution is 2.17. The Labute approximate surface area is 123 Å². The van der Waals surface area contributed by atoms with Gasteiger partial charge in [-0.1, -0.05) is 18.2 Å². The standard InChI is InChI=1S/C15H11F4NO2/c16-10-4-2-1-3-8(10)12(21)7-20-15(22)9-5-6-11(17)14(19)13(9)18/h1-6,12,21H,7H2,(H,20,22). The highest BCUT2D eigenvalue weighted by Gasteiger charge is 2.20. The average molecular weight is 313 g/mol. The summed E-state index contributed by atoms with van der Waals surface area (Å²) in [6.45, 7) is -0.418. The van der Waals surface area contributed by atoms with Crippen LogP contribution in [0.25, 0.3) is 0 Å². The summed E-state index contributed by atoms with van der Waals surface area (Å²) in [6, 6.07) is 6.78.